The van der Waals surface area contributed by atoms with E-state index in [0.717, 1.165) is 32.4 Å². The van der Waals surface area contributed by atoms with Crippen LogP contribution in [0, 0.1) is 39.9 Å². The van der Waals surface area contributed by atoms with Crippen molar-refractivity contribution in [2.45, 2.75) is 96.9 Å². The maximum atomic E-state index is 11.9. The molecule has 0 aromatic heterocycles. The van der Waals surface area contributed by atoms with Gasteiger partial charge in [-0.3, -0.25) is 24.3 Å². The average molecular weight is 762 g/mol. The number of hydrogen-bond acceptors (Lipinski definition) is 9. The maximum absolute atomic E-state index is 11.9. The van der Waals surface area contributed by atoms with Crippen LogP contribution in [-0.4, -0.2) is 105 Å². The van der Waals surface area contributed by atoms with Crippen molar-refractivity contribution in [1.29, 1.82) is 0 Å². The largest absolute Gasteiger partial charge is 3.00 e. The Morgan fingerprint density at radius 2 is 1.25 bits per heavy atom. The Morgan fingerprint density at radius 1 is 0.727 bits per heavy atom. The van der Waals surface area contributed by atoms with E-state index in [-0.39, 0.29) is 65.6 Å². The second-order valence-corrected chi connectivity index (χ2v) is 11.5. The van der Waals surface area contributed by atoms with Crippen molar-refractivity contribution in [2.75, 3.05) is 66.6 Å². The molecular formula is C34H58GdN3O6+2. The molecule has 0 aliphatic heterocycles. The van der Waals surface area contributed by atoms with Crippen molar-refractivity contribution in [3.05, 3.63) is 35.9 Å². The Balaban J connectivity index is 0.0000185. The van der Waals surface area contributed by atoms with Gasteiger partial charge in [0, 0.05) is 32.2 Å². The number of carbonyl (C=O) groups excluding carboxylic acids is 3. The Kier molecular flexibility index (Phi) is 27.3. The van der Waals surface area contributed by atoms with Crippen molar-refractivity contribution in [1.82, 2.24) is 14.7 Å². The summed E-state index contributed by atoms with van der Waals surface area (Å²) >= 11 is 0. The first kappa shape index (κ1) is 42.8. The number of ether oxygens (including phenoxy) is 2. The Morgan fingerprint density at radius 3 is 1.75 bits per heavy atom. The van der Waals surface area contributed by atoms with Gasteiger partial charge >= 0.3 is 51.9 Å². The van der Waals surface area contributed by atoms with Crippen LogP contribution in [0.1, 0.15) is 90.0 Å². The number of carbonyl (C=O) groups is 3. The van der Waals surface area contributed by atoms with E-state index in [1.165, 1.54) is 77.6 Å². The van der Waals surface area contributed by atoms with Crippen LogP contribution in [-0.2, 0) is 30.3 Å². The number of unbranched alkanes of at least 4 members (excludes halogenated alkanes) is 8. The number of methoxy groups -OCH3 is 2. The van der Waals surface area contributed by atoms with Gasteiger partial charge in [-0.05, 0) is 44.3 Å². The van der Waals surface area contributed by atoms with E-state index in [1.807, 2.05) is 4.90 Å². The molecule has 0 bridgehead atoms. The van der Waals surface area contributed by atoms with Gasteiger partial charge in [0.25, 0.3) is 0 Å². The monoisotopic (exact) mass is 762 g/mol. The number of nitrogens with zero attached hydrogens (tertiary/aromatic N) is 3. The van der Waals surface area contributed by atoms with Crippen LogP contribution in [0.3, 0.4) is 0 Å². The number of hydrogen-bond donors (Lipinski definition) is 0. The molecule has 0 heterocycles. The normalized spacial score (nSPS) is 11.9. The molecule has 1 unspecified atom stereocenters. The molecule has 0 saturated carbocycles. The van der Waals surface area contributed by atoms with Gasteiger partial charge in [0.15, 0.2) is 0 Å². The first-order chi connectivity index (χ1) is 20.8. The topological polar surface area (TPSA) is 102 Å². The second-order valence-electron chi connectivity index (χ2n) is 11.5. The summed E-state index contributed by atoms with van der Waals surface area (Å²) in [4.78, 5) is 41.3. The third-order valence-corrected chi connectivity index (χ3v) is 7.99. The molecular weight excluding hydrogens is 704 g/mol. The number of aryl methyl sites for hydroxylation is 1. The third kappa shape index (κ3) is 21.5. The molecule has 10 heteroatoms. The van der Waals surface area contributed by atoms with Crippen molar-refractivity contribution < 1.29 is 68.9 Å². The molecule has 1 aromatic rings. The summed E-state index contributed by atoms with van der Waals surface area (Å²) in [5, 5.41) is 11.6. The predicted molar refractivity (Wildman–Crippen MR) is 170 cm³/mol. The van der Waals surface area contributed by atoms with Gasteiger partial charge in [0.05, 0.1) is 33.3 Å². The molecule has 0 aliphatic carbocycles. The summed E-state index contributed by atoms with van der Waals surface area (Å²) in [6, 6.07) is 10.9. The number of aliphatic carboxylic acids is 1. The number of benzene rings is 1. The van der Waals surface area contributed by atoms with Crippen LogP contribution in [0.4, 0.5) is 0 Å². The fraction of sp³-hybridized carbons (Fsp3) is 0.735. The molecule has 0 fully saturated rings. The summed E-state index contributed by atoms with van der Waals surface area (Å²) in [6.07, 6.45) is 14.5. The molecule has 1 atom stereocenters. The molecule has 9 nitrogen and oxygen atoms in total. The van der Waals surface area contributed by atoms with Crippen LogP contribution in [0.5, 0.6) is 0 Å². The molecule has 0 spiro atoms. The summed E-state index contributed by atoms with van der Waals surface area (Å²) in [5.41, 5.74) is 1.43. The number of carboxylic acid groups (broad SMARTS) is 1. The van der Waals surface area contributed by atoms with E-state index in [1.54, 1.807) is 4.90 Å². The van der Waals surface area contributed by atoms with E-state index in [9.17, 15) is 19.5 Å². The zero-order valence-corrected chi connectivity index (χ0v) is 30.0. The van der Waals surface area contributed by atoms with E-state index in [0.29, 0.717) is 19.6 Å². The van der Waals surface area contributed by atoms with Gasteiger partial charge in [-0.25, -0.2) is 0 Å². The summed E-state index contributed by atoms with van der Waals surface area (Å²) < 4.78 is 9.53. The van der Waals surface area contributed by atoms with Crippen LogP contribution in [0.15, 0.2) is 30.3 Å². The first-order valence-electron chi connectivity index (χ1n) is 16.4. The first-order valence-corrected chi connectivity index (χ1v) is 16.4. The molecule has 0 amide bonds. The fourth-order valence-corrected chi connectivity index (χ4v) is 5.57. The molecule has 0 saturated heterocycles. The van der Waals surface area contributed by atoms with Gasteiger partial charge in [-0.15, -0.1) is 0 Å². The molecule has 1 aromatic carbocycles. The minimum Gasteiger partial charge on any atom is -0.549 e. The number of rotatable bonds is 27. The SMILES string of the molecule is CCCN(CC)C(CCCCCCCCCCCc1ccccc1)CN(CCN(CC(=O)OC)CC(=O)OC)CC(=O)[O-].[Gd+3]. The van der Waals surface area contributed by atoms with Crippen molar-refractivity contribution in [2.24, 2.45) is 0 Å². The standard InChI is InChI=1S/C34H59N3O6.Gd/c1-5-23-37(6-2)31(22-18-13-11-9-7-8-10-12-15-19-30-20-16-14-17-21-30)26-35(27-32(38)39)24-25-36(28-33(40)42-3)29-34(41)43-4;/h14,16-17,20-21,31H,5-13,15,18-19,22-29H2,1-4H3,(H,38,39);/q;+3/p-1. The molecule has 1 rings (SSSR count). The van der Waals surface area contributed by atoms with Crippen molar-refractivity contribution in [3.63, 3.8) is 0 Å². The fourth-order valence-electron chi connectivity index (χ4n) is 5.57. The zero-order chi connectivity index (χ0) is 31.7. The number of carboxylic acids is 1. The predicted octanol–water partition coefficient (Wildman–Crippen LogP) is 3.93. The Bertz CT molecular complexity index is 858. The number of likely N-dealkylation sites (N-methyl/N-ethyl adjacent to an activating group) is 1. The third-order valence-electron chi connectivity index (χ3n) is 7.99. The average Bonchev–Trinajstić information content (AvgIpc) is 3.00. The van der Waals surface area contributed by atoms with Gasteiger partial charge < -0.3 is 19.4 Å². The van der Waals surface area contributed by atoms with E-state index < -0.39 is 17.9 Å². The summed E-state index contributed by atoms with van der Waals surface area (Å²) in [5.74, 6) is -2.06. The summed E-state index contributed by atoms with van der Waals surface area (Å²) in [6.45, 7) is 7.14. The minimum absolute atomic E-state index is 0. The van der Waals surface area contributed by atoms with Gasteiger partial charge in [0.2, 0.25) is 0 Å². The van der Waals surface area contributed by atoms with E-state index in [4.69, 9.17) is 9.47 Å². The second kappa shape index (κ2) is 28.1. The molecule has 1 radical (unpaired) electrons. The molecule has 44 heavy (non-hydrogen) atoms. The van der Waals surface area contributed by atoms with Crippen molar-refractivity contribution >= 4 is 17.9 Å². The van der Waals surface area contributed by atoms with Gasteiger partial charge in [-0.1, -0.05) is 95.5 Å². The molecule has 0 N–H and O–H groups in total. The van der Waals surface area contributed by atoms with Gasteiger partial charge in [0.1, 0.15) is 0 Å². The van der Waals surface area contributed by atoms with Crippen LogP contribution in [0.25, 0.3) is 0 Å². The smallest absolute Gasteiger partial charge is 0.549 e. The molecule has 0 aliphatic rings. The van der Waals surface area contributed by atoms with E-state index in [2.05, 4.69) is 49.1 Å². The molecule has 251 valence electrons. The van der Waals surface area contributed by atoms with E-state index >= 15 is 0 Å². The maximum Gasteiger partial charge on any atom is 3.00 e. The zero-order valence-electron chi connectivity index (χ0n) is 27.8. The van der Waals surface area contributed by atoms with Crippen LogP contribution in [0.2, 0.25) is 0 Å². The Hall–Kier alpha value is -1.17. The number of esters is 2. The summed E-state index contributed by atoms with van der Waals surface area (Å²) in [7, 11) is 2.60. The van der Waals surface area contributed by atoms with Crippen molar-refractivity contribution in [3.8, 4) is 0 Å². The van der Waals surface area contributed by atoms with Crippen LogP contribution >= 0.6 is 0 Å². The van der Waals surface area contributed by atoms with Gasteiger partial charge in [-0.2, -0.15) is 0 Å². The quantitative estimate of drug-likeness (QED) is 0.0976. The van der Waals surface area contributed by atoms with Crippen LogP contribution < -0.4 is 5.11 Å². The minimum atomic E-state index is -1.13. The Labute approximate surface area is 299 Å².